The summed E-state index contributed by atoms with van der Waals surface area (Å²) in [6, 6.07) is 0. The van der Waals surface area contributed by atoms with Crippen LogP contribution in [0.4, 0.5) is 5.13 Å². The number of aromatic nitrogens is 2. The number of aryl methyl sites for hydroxylation is 3. The number of hydrogen-bond donors (Lipinski definition) is 1. The summed E-state index contributed by atoms with van der Waals surface area (Å²) in [6.45, 7) is 10.3. The van der Waals surface area contributed by atoms with Crippen LogP contribution in [0.3, 0.4) is 0 Å². The fourth-order valence-electron chi connectivity index (χ4n) is 2.06. The Balaban J connectivity index is 2.14. The zero-order valence-electron chi connectivity index (χ0n) is 13.1. The number of thiazole rings is 2. The van der Waals surface area contributed by atoms with Gasteiger partial charge in [0.25, 0.3) is 5.91 Å². The summed E-state index contributed by atoms with van der Waals surface area (Å²) in [7, 11) is 0. The van der Waals surface area contributed by atoms with E-state index in [1.165, 1.54) is 22.7 Å². The molecule has 0 aliphatic heterocycles. The van der Waals surface area contributed by atoms with Gasteiger partial charge < -0.3 is 0 Å². The van der Waals surface area contributed by atoms with E-state index < -0.39 is 0 Å². The molecule has 114 valence electrons. The van der Waals surface area contributed by atoms with Gasteiger partial charge in [-0.3, -0.25) is 10.1 Å². The van der Waals surface area contributed by atoms with Gasteiger partial charge >= 0.3 is 0 Å². The quantitative estimate of drug-likeness (QED) is 0.896. The van der Waals surface area contributed by atoms with Gasteiger partial charge in [-0.05, 0) is 26.2 Å². The van der Waals surface area contributed by atoms with E-state index in [1.807, 2.05) is 13.8 Å². The van der Waals surface area contributed by atoms with Crippen molar-refractivity contribution in [2.24, 2.45) is 5.92 Å². The first-order valence-electron chi connectivity index (χ1n) is 7.14. The minimum Gasteiger partial charge on any atom is -0.297 e. The molecule has 4 nitrogen and oxygen atoms in total. The highest BCUT2D eigenvalue weighted by Gasteiger charge is 2.17. The van der Waals surface area contributed by atoms with Crippen molar-refractivity contribution in [3.63, 3.8) is 0 Å². The summed E-state index contributed by atoms with van der Waals surface area (Å²) < 4.78 is 0. The van der Waals surface area contributed by atoms with Gasteiger partial charge in [0.15, 0.2) is 5.13 Å². The van der Waals surface area contributed by atoms with Gasteiger partial charge in [-0.15, -0.1) is 22.7 Å². The normalized spacial score (nSPS) is 11.1. The lowest BCUT2D eigenvalue weighted by Gasteiger charge is -1.99. The molecule has 0 aliphatic rings. The maximum Gasteiger partial charge on any atom is 0.269 e. The Morgan fingerprint density at radius 3 is 2.52 bits per heavy atom. The van der Waals surface area contributed by atoms with Crippen LogP contribution in [0.1, 0.15) is 51.7 Å². The van der Waals surface area contributed by atoms with E-state index in [1.54, 1.807) is 0 Å². The summed E-state index contributed by atoms with van der Waals surface area (Å²) in [5.41, 5.74) is 1.86. The highest BCUT2D eigenvalue weighted by atomic mass is 32.1. The lowest BCUT2D eigenvalue weighted by atomic mass is 10.1. The number of carbonyl (C=O) groups is 1. The van der Waals surface area contributed by atoms with Crippen molar-refractivity contribution in [2.45, 2.75) is 47.5 Å². The lowest BCUT2D eigenvalue weighted by molar-refractivity contribution is 0.103. The van der Waals surface area contributed by atoms with Gasteiger partial charge in [0.2, 0.25) is 0 Å². The van der Waals surface area contributed by atoms with Crippen molar-refractivity contribution < 1.29 is 4.79 Å². The molecule has 2 aromatic heterocycles. The van der Waals surface area contributed by atoms with Crippen molar-refractivity contribution in [2.75, 3.05) is 5.32 Å². The van der Waals surface area contributed by atoms with Crippen molar-refractivity contribution in [3.8, 4) is 0 Å². The van der Waals surface area contributed by atoms with Crippen LogP contribution in [0.2, 0.25) is 0 Å². The fraction of sp³-hybridized carbons (Fsp3) is 0.533. The molecule has 21 heavy (non-hydrogen) atoms. The third-order valence-electron chi connectivity index (χ3n) is 3.08. The highest BCUT2D eigenvalue weighted by molar-refractivity contribution is 7.16. The first kappa shape index (κ1) is 16.1. The molecule has 0 radical (unpaired) electrons. The summed E-state index contributed by atoms with van der Waals surface area (Å²) in [5.74, 6) is 0.441. The maximum atomic E-state index is 12.4. The van der Waals surface area contributed by atoms with Gasteiger partial charge in [0.05, 0.1) is 16.4 Å². The smallest absolute Gasteiger partial charge is 0.269 e. The van der Waals surface area contributed by atoms with Gasteiger partial charge in [-0.2, -0.15) is 0 Å². The molecule has 0 unspecified atom stereocenters. The lowest BCUT2D eigenvalue weighted by Crippen LogP contribution is -2.11. The Kier molecular flexibility index (Phi) is 5.11. The van der Waals surface area contributed by atoms with Crippen LogP contribution in [0.25, 0.3) is 0 Å². The van der Waals surface area contributed by atoms with Crippen LogP contribution in [0, 0.1) is 19.8 Å². The number of hydrogen-bond acceptors (Lipinski definition) is 5. The molecule has 0 spiro atoms. The van der Waals surface area contributed by atoms with Gasteiger partial charge in [-0.1, -0.05) is 20.8 Å². The molecule has 0 aliphatic carbocycles. The molecule has 0 aromatic carbocycles. The van der Waals surface area contributed by atoms with Crippen LogP contribution in [0.15, 0.2) is 0 Å². The minimum atomic E-state index is -0.101. The van der Waals surface area contributed by atoms with E-state index in [-0.39, 0.29) is 5.91 Å². The van der Waals surface area contributed by atoms with Crippen molar-refractivity contribution >= 4 is 33.7 Å². The van der Waals surface area contributed by atoms with E-state index in [0.717, 1.165) is 34.1 Å². The molecule has 0 saturated carbocycles. The monoisotopic (exact) mass is 323 g/mol. The number of amides is 1. The van der Waals surface area contributed by atoms with Crippen molar-refractivity contribution in [1.29, 1.82) is 0 Å². The van der Waals surface area contributed by atoms with Gasteiger partial charge in [-0.25, -0.2) is 9.97 Å². The van der Waals surface area contributed by atoms with Gasteiger partial charge in [0, 0.05) is 11.3 Å². The number of rotatable bonds is 5. The number of nitrogens with one attached hydrogen (secondary N) is 1. The van der Waals surface area contributed by atoms with Crippen molar-refractivity contribution in [1.82, 2.24) is 9.97 Å². The minimum absolute atomic E-state index is 0.101. The van der Waals surface area contributed by atoms with E-state index in [2.05, 4.69) is 36.1 Å². The molecular weight excluding hydrogens is 302 g/mol. The average Bonchev–Trinajstić information content (AvgIpc) is 2.91. The van der Waals surface area contributed by atoms with E-state index in [4.69, 9.17) is 0 Å². The van der Waals surface area contributed by atoms with Crippen LogP contribution >= 0.6 is 22.7 Å². The molecule has 0 saturated heterocycles. The molecular formula is C15H21N3OS2. The summed E-state index contributed by atoms with van der Waals surface area (Å²) in [6.07, 6.45) is 1.80. The predicted molar refractivity (Wildman–Crippen MR) is 89.6 cm³/mol. The molecule has 1 amide bonds. The van der Waals surface area contributed by atoms with E-state index >= 15 is 0 Å². The summed E-state index contributed by atoms with van der Waals surface area (Å²) >= 11 is 3.01. The number of carbonyl (C=O) groups excluding carboxylic acids is 1. The number of nitrogens with zero attached hydrogens (tertiary/aromatic N) is 2. The molecule has 2 heterocycles. The zero-order chi connectivity index (χ0) is 15.6. The second-order valence-corrected chi connectivity index (χ2v) is 7.74. The van der Waals surface area contributed by atoms with Crippen LogP contribution < -0.4 is 5.32 Å². The van der Waals surface area contributed by atoms with Crippen LogP contribution in [-0.2, 0) is 12.8 Å². The first-order valence-corrected chi connectivity index (χ1v) is 8.78. The molecule has 1 N–H and O–H groups in total. The molecule has 2 aromatic rings. The average molecular weight is 323 g/mol. The summed E-state index contributed by atoms with van der Waals surface area (Å²) in [4.78, 5) is 23.2. The topological polar surface area (TPSA) is 54.9 Å². The Labute approximate surface area is 133 Å². The second kappa shape index (κ2) is 6.66. The third kappa shape index (κ3) is 3.89. The molecule has 6 heteroatoms. The largest absolute Gasteiger partial charge is 0.297 e. The SMILES string of the molecule is CCc1nc(NC(=O)c2sc(CC(C)C)nc2C)sc1C. The number of anilines is 1. The van der Waals surface area contributed by atoms with E-state index in [9.17, 15) is 4.79 Å². The first-order chi connectivity index (χ1) is 9.90. The predicted octanol–water partition coefficient (Wildman–Crippen LogP) is 4.23. The zero-order valence-corrected chi connectivity index (χ0v) is 14.7. The van der Waals surface area contributed by atoms with Gasteiger partial charge in [0.1, 0.15) is 4.88 Å². The van der Waals surface area contributed by atoms with Crippen LogP contribution in [0.5, 0.6) is 0 Å². The molecule has 0 atom stereocenters. The van der Waals surface area contributed by atoms with Crippen molar-refractivity contribution in [3.05, 3.63) is 26.1 Å². The Morgan fingerprint density at radius 1 is 1.24 bits per heavy atom. The molecule has 0 bridgehead atoms. The second-order valence-electron chi connectivity index (χ2n) is 5.45. The fourth-order valence-corrected chi connectivity index (χ4v) is 4.13. The third-order valence-corrected chi connectivity index (χ3v) is 5.19. The Hall–Kier alpha value is -1.27. The van der Waals surface area contributed by atoms with Crippen LogP contribution in [-0.4, -0.2) is 15.9 Å². The standard InChI is InChI=1S/C15H21N3OS2/c1-6-11-10(5)20-15(17-11)18-14(19)13-9(4)16-12(21-13)7-8(2)3/h8H,6-7H2,1-5H3,(H,17,18,19). The molecule has 0 fully saturated rings. The Morgan fingerprint density at radius 2 is 1.95 bits per heavy atom. The van der Waals surface area contributed by atoms with E-state index in [0.29, 0.717) is 15.9 Å². The Bertz CT molecular complexity index is 643. The molecule has 2 rings (SSSR count). The summed E-state index contributed by atoms with van der Waals surface area (Å²) in [5, 5.41) is 4.60. The highest BCUT2D eigenvalue weighted by Crippen LogP contribution is 2.25. The maximum absolute atomic E-state index is 12.4.